The van der Waals surface area contributed by atoms with Crippen LogP contribution in [0.2, 0.25) is 10.0 Å². The van der Waals surface area contributed by atoms with E-state index in [9.17, 15) is 27.9 Å². The van der Waals surface area contributed by atoms with Gasteiger partial charge >= 0.3 is 12.1 Å². The molecule has 4 heterocycles. The molecule has 14 heteroatoms. The molecule has 3 aliphatic rings. The van der Waals surface area contributed by atoms with Gasteiger partial charge in [-0.3, -0.25) is 19.3 Å². The van der Waals surface area contributed by atoms with Gasteiger partial charge in [-0.25, -0.2) is 0 Å². The largest absolute Gasteiger partial charge is 0.466 e. The molecule has 1 saturated carbocycles. The Balaban J connectivity index is 1.45. The van der Waals surface area contributed by atoms with Crippen LogP contribution in [0, 0.1) is 5.41 Å². The van der Waals surface area contributed by atoms with Crippen molar-refractivity contribution in [3.05, 3.63) is 45.5 Å². The minimum absolute atomic E-state index is 0.0104. The summed E-state index contributed by atoms with van der Waals surface area (Å²) < 4.78 is 56.2. The van der Waals surface area contributed by atoms with Crippen molar-refractivity contribution in [3.63, 3.8) is 0 Å². The van der Waals surface area contributed by atoms with Crippen molar-refractivity contribution in [2.75, 3.05) is 19.7 Å². The molecule has 1 amide bonds. The number of amides is 1. The van der Waals surface area contributed by atoms with Crippen LogP contribution in [0.5, 0.6) is 0 Å². The predicted octanol–water partition coefficient (Wildman–Crippen LogP) is 6.18. The highest BCUT2D eigenvalue weighted by molar-refractivity contribution is 6.35. The Kier molecular flexibility index (Phi) is 9.06. The summed E-state index contributed by atoms with van der Waals surface area (Å²) in [6.45, 7) is 3.30. The van der Waals surface area contributed by atoms with E-state index >= 15 is 0 Å². The second kappa shape index (κ2) is 12.2. The number of fused-ring (bicyclic) bond motifs is 2. The number of alkyl halides is 3. The molecule has 1 aliphatic carbocycles. The molecule has 1 atom stereocenters. The van der Waals surface area contributed by atoms with Gasteiger partial charge in [0.05, 0.1) is 70.8 Å². The predicted molar refractivity (Wildman–Crippen MR) is 151 cm³/mol. The number of carbonyl (C=O) groups excluding carboxylic acids is 2. The lowest BCUT2D eigenvalue weighted by molar-refractivity contribution is -0.157. The molecule has 0 aromatic carbocycles. The highest BCUT2D eigenvalue weighted by atomic mass is 35.5. The van der Waals surface area contributed by atoms with Gasteiger partial charge in [-0.15, -0.1) is 0 Å². The van der Waals surface area contributed by atoms with Crippen LogP contribution in [0.25, 0.3) is 0 Å². The molecule has 2 aromatic heterocycles. The monoisotopic (exact) mass is 646 g/mol. The summed E-state index contributed by atoms with van der Waals surface area (Å²) in [6, 6.07) is -0.665. The van der Waals surface area contributed by atoms with Crippen LogP contribution in [0.4, 0.5) is 13.2 Å². The van der Waals surface area contributed by atoms with Gasteiger partial charge in [-0.1, -0.05) is 23.2 Å². The van der Waals surface area contributed by atoms with E-state index < -0.39 is 46.5 Å². The maximum Gasteiger partial charge on any atom is 0.433 e. The lowest BCUT2D eigenvalue weighted by Gasteiger charge is -2.36. The van der Waals surface area contributed by atoms with Gasteiger partial charge in [0.1, 0.15) is 0 Å². The van der Waals surface area contributed by atoms with E-state index in [1.807, 2.05) is 0 Å². The number of rotatable bonds is 9. The van der Waals surface area contributed by atoms with Gasteiger partial charge in [0, 0.05) is 18.0 Å². The van der Waals surface area contributed by atoms with Crippen LogP contribution in [0.15, 0.2) is 18.6 Å². The van der Waals surface area contributed by atoms with Crippen molar-refractivity contribution < 1.29 is 37.3 Å². The average molecular weight is 648 g/mol. The minimum atomic E-state index is -4.90. The highest BCUT2D eigenvalue weighted by Crippen LogP contribution is 2.46. The topological polar surface area (TPSA) is 107 Å². The van der Waals surface area contributed by atoms with Crippen LogP contribution >= 0.6 is 23.2 Å². The smallest absolute Gasteiger partial charge is 0.433 e. The molecule has 9 nitrogen and oxygen atoms in total. The van der Waals surface area contributed by atoms with E-state index in [4.69, 9.17) is 32.7 Å². The molecule has 236 valence electrons. The fraction of sp³-hybridized carbons (Fsp3) is 0.655. The summed E-state index contributed by atoms with van der Waals surface area (Å²) >= 11 is 12.5. The molecule has 2 bridgehead atoms. The summed E-state index contributed by atoms with van der Waals surface area (Å²) in [4.78, 5) is 31.6. The normalized spacial score (nSPS) is 27.7. The van der Waals surface area contributed by atoms with Crippen LogP contribution in [-0.2, 0) is 20.4 Å². The Morgan fingerprint density at radius 1 is 1.14 bits per heavy atom. The number of aromatic nitrogens is 3. The van der Waals surface area contributed by atoms with Gasteiger partial charge in [0.25, 0.3) is 5.91 Å². The van der Waals surface area contributed by atoms with E-state index in [1.54, 1.807) is 13.8 Å². The van der Waals surface area contributed by atoms with Gasteiger partial charge in [-0.05, 0) is 65.2 Å². The standard InChI is InChI=1S/C29H35Cl2F3N4O5/c1-3-42-26(41)27(2)8-4-17(5-9-27)38-24(29(32,33)34)19(12-36-38)25(40)37(16-28-10-6-18(43-28)7-11-28)15-22(39)23-20(30)13-35-14-21(23)31/h12-14,17-18,22,39H,3-11,15-16H2,1-2H3. The molecule has 2 aliphatic heterocycles. The maximum atomic E-state index is 14.7. The summed E-state index contributed by atoms with van der Waals surface area (Å²) in [6.07, 6.45) is 1.35. The summed E-state index contributed by atoms with van der Waals surface area (Å²) in [5.41, 5.74) is -3.14. The van der Waals surface area contributed by atoms with Crippen molar-refractivity contribution in [1.29, 1.82) is 0 Å². The third-order valence-electron chi connectivity index (χ3n) is 9.11. The van der Waals surface area contributed by atoms with Crippen LogP contribution in [0.1, 0.15) is 99.0 Å². The summed E-state index contributed by atoms with van der Waals surface area (Å²) in [5, 5.41) is 15.4. The molecule has 1 unspecified atom stereocenters. The first-order valence-corrected chi connectivity index (χ1v) is 15.3. The molecule has 0 spiro atoms. The molecule has 0 radical (unpaired) electrons. The van der Waals surface area contributed by atoms with E-state index in [-0.39, 0.29) is 60.2 Å². The summed E-state index contributed by atoms with van der Waals surface area (Å²) in [5.74, 6) is -1.30. The molecule has 3 fully saturated rings. The molecule has 2 saturated heterocycles. The van der Waals surface area contributed by atoms with Gasteiger partial charge in [0.2, 0.25) is 0 Å². The summed E-state index contributed by atoms with van der Waals surface area (Å²) in [7, 11) is 0. The fourth-order valence-corrected chi connectivity index (χ4v) is 7.37. The number of ether oxygens (including phenoxy) is 2. The number of carbonyl (C=O) groups is 2. The first-order chi connectivity index (χ1) is 20.3. The Morgan fingerprint density at radius 3 is 2.30 bits per heavy atom. The number of pyridine rings is 1. The number of hydrogen-bond acceptors (Lipinski definition) is 7. The zero-order valence-electron chi connectivity index (χ0n) is 24.0. The first-order valence-electron chi connectivity index (χ1n) is 14.5. The zero-order valence-corrected chi connectivity index (χ0v) is 25.5. The second-order valence-electron chi connectivity index (χ2n) is 12.1. The van der Waals surface area contributed by atoms with Gasteiger partial charge in [0.15, 0.2) is 5.69 Å². The number of hydrogen-bond donors (Lipinski definition) is 1. The number of esters is 1. The van der Waals surface area contributed by atoms with E-state index in [2.05, 4.69) is 10.1 Å². The Labute approximate surface area is 257 Å². The fourth-order valence-electron chi connectivity index (χ4n) is 6.75. The molecular formula is C29H35Cl2F3N4O5. The van der Waals surface area contributed by atoms with Gasteiger partial charge in [-0.2, -0.15) is 18.3 Å². The molecule has 2 aromatic rings. The Hall–Kier alpha value is -2.41. The van der Waals surface area contributed by atoms with Crippen molar-refractivity contribution in [1.82, 2.24) is 19.7 Å². The second-order valence-corrected chi connectivity index (χ2v) is 12.9. The third kappa shape index (κ3) is 6.39. The van der Waals surface area contributed by atoms with Crippen molar-refractivity contribution in [2.24, 2.45) is 5.41 Å². The first kappa shape index (κ1) is 32.0. The Morgan fingerprint density at radius 2 is 1.77 bits per heavy atom. The van der Waals surface area contributed by atoms with Crippen LogP contribution < -0.4 is 0 Å². The lowest BCUT2D eigenvalue weighted by atomic mass is 9.74. The minimum Gasteiger partial charge on any atom is -0.466 e. The van der Waals surface area contributed by atoms with Crippen LogP contribution in [0.3, 0.4) is 0 Å². The third-order valence-corrected chi connectivity index (χ3v) is 9.71. The van der Waals surface area contributed by atoms with E-state index in [1.165, 1.54) is 17.3 Å². The van der Waals surface area contributed by atoms with Crippen molar-refractivity contribution in [3.8, 4) is 0 Å². The highest BCUT2D eigenvalue weighted by Gasteiger charge is 2.50. The number of halogens is 5. The van der Waals surface area contributed by atoms with Crippen LogP contribution in [-0.4, -0.2) is 68.0 Å². The molecule has 5 rings (SSSR count). The Bertz CT molecular complexity index is 1330. The quantitative estimate of drug-likeness (QED) is 0.324. The number of nitrogens with zero attached hydrogens (tertiary/aromatic N) is 4. The molecular weight excluding hydrogens is 612 g/mol. The maximum absolute atomic E-state index is 14.7. The SMILES string of the molecule is CCOC(=O)C1(C)CCC(n2ncc(C(=O)N(CC(O)c3c(Cl)cncc3Cl)CC34CCC(CC3)O4)c2C(F)(F)F)CC1. The molecule has 43 heavy (non-hydrogen) atoms. The zero-order chi connectivity index (χ0) is 31.2. The average Bonchev–Trinajstić information content (AvgIpc) is 3.67. The van der Waals surface area contributed by atoms with Crippen molar-refractivity contribution >= 4 is 35.1 Å². The van der Waals surface area contributed by atoms with Crippen molar-refractivity contribution in [2.45, 2.75) is 95.2 Å². The number of aliphatic hydroxyl groups excluding tert-OH is 1. The number of aliphatic hydroxyl groups is 1. The molecule has 1 N–H and O–H groups in total. The van der Waals surface area contributed by atoms with E-state index in [0.717, 1.165) is 23.7 Å². The lowest BCUT2D eigenvalue weighted by Crippen LogP contribution is -2.46. The van der Waals surface area contributed by atoms with Gasteiger partial charge < -0.3 is 19.5 Å². The van der Waals surface area contributed by atoms with E-state index in [0.29, 0.717) is 25.7 Å².